The van der Waals surface area contributed by atoms with Crippen LogP contribution in [-0.4, -0.2) is 11.2 Å². The Morgan fingerprint density at radius 3 is 3.00 bits per heavy atom. The Labute approximate surface area is 54.5 Å². The van der Waals surface area contributed by atoms with Crippen LogP contribution >= 0.6 is 0 Å². The third-order valence-corrected chi connectivity index (χ3v) is 1.18. The zero-order chi connectivity index (χ0) is 6.85. The molecule has 1 aliphatic rings. The van der Waals surface area contributed by atoms with E-state index in [-0.39, 0.29) is 6.10 Å². The summed E-state index contributed by atoms with van der Waals surface area (Å²) in [5.74, 6) is 0.907. The molecule has 0 saturated carbocycles. The standard InChI is InChI=1S/C7H10O2/c1-5-3-7(8)4-6(2)9-5/h3,6,8H,1,4H2,2H3. The van der Waals surface area contributed by atoms with Crippen molar-refractivity contribution < 1.29 is 9.84 Å². The summed E-state index contributed by atoms with van der Waals surface area (Å²) >= 11 is 0. The second-order valence-electron chi connectivity index (χ2n) is 2.23. The van der Waals surface area contributed by atoms with Crippen LogP contribution in [0.5, 0.6) is 0 Å². The molecule has 1 aliphatic heterocycles. The largest absolute Gasteiger partial charge is 0.512 e. The highest BCUT2D eigenvalue weighted by Crippen LogP contribution is 2.17. The monoisotopic (exact) mass is 126 g/mol. The number of allylic oxidation sites excluding steroid dienone is 1. The van der Waals surface area contributed by atoms with E-state index < -0.39 is 0 Å². The van der Waals surface area contributed by atoms with Crippen LogP contribution < -0.4 is 0 Å². The van der Waals surface area contributed by atoms with Gasteiger partial charge in [0.1, 0.15) is 11.9 Å². The Bertz CT molecular complexity index is 158. The quantitative estimate of drug-likeness (QED) is 0.535. The molecule has 9 heavy (non-hydrogen) atoms. The minimum absolute atomic E-state index is 0.0718. The summed E-state index contributed by atoms with van der Waals surface area (Å²) in [7, 11) is 0. The molecule has 0 radical (unpaired) electrons. The SMILES string of the molecule is C=C1C=C(O)CC(C)O1. The molecule has 1 heterocycles. The molecule has 0 saturated heterocycles. The van der Waals surface area contributed by atoms with Gasteiger partial charge in [-0.25, -0.2) is 0 Å². The molecule has 0 aliphatic carbocycles. The van der Waals surface area contributed by atoms with Gasteiger partial charge in [0.15, 0.2) is 0 Å². The Hall–Kier alpha value is -0.920. The van der Waals surface area contributed by atoms with Gasteiger partial charge < -0.3 is 9.84 Å². The number of aliphatic hydroxyl groups is 1. The molecule has 0 aromatic heterocycles. The molecule has 0 bridgehead atoms. The summed E-state index contributed by atoms with van der Waals surface area (Å²) in [6, 6.07) is 0. The van der Waals surface area contributed by atoms with E-state index in [4.69, 9.17) is 9.84 Å². The Kier molecular flexibility index (Phi) is 1.47. The van der Waals surface area contributed by atoms with Gasteiger partial charge in [-0.2, -0.15) is 0 Å². The van der Waals surface area contributed by atoms with Gasteiger partial charge in [-0.05, 0) is 6.92 Å². The highest BCUT2D eigenvalue weighted by atomic mass is 16.5. The first kappa shape index (κ1) is 6.20. The fourth-order valence-electron chi connectivity index (χ4n) is 0.873. The molecule has 0 amide bonds. The van der Waals surface area contributed by atoms with Crippen molar-refractivity contribution >= 4 is 0 Å². The minimum atomic E-state index is 0.0718. The van der Waals surface area contributed by atoms with Gasteiger partial charge in [0.05, 0.1) is 5.76 Å². The molecule has 2 nitrogen and oxygen atoms in total. The normalized spacial score (nSPS) is 27.0. The van der Waals surface area contributed by atoms with Crippen LogP contribution in [0.3, 0.4) is 0 Å². The van der Waals surface area contributed by atoms with E-state index >= 15 is 0 Å². The van der Waals surface area contributed by atoms with Gasteiger partial charge >= 0.3 is 0 Å². The number of hydrogen-bond donors (Lipinski definition) is 1. The summed E-state index contributed by atoms with van der Waals surface area (Å²) in [6.07, 6.45) is 2.21. The first-order valence-electron chi connectivity index (χ1n) is 2.93. The molecule has 1 atom stereocenters. The maximum Gasteiger partial charge on any atom is 0.115 e. The van der Waals surface area contributed by atoms with Crippen LogP contribution in [0.2, 0.25) is 0 Å². The maximum atomic E-state index is 8.97. The summed E-state index contributed by atoms with van der Waals surface area (Å²) in [5.41, 5.74) is 0. The lowest BCUT2D eigenvalue weighted by atomic mass is 10.2. The number of aliphatic hydroxyl groups excluding tert-OH is 1. The van der Waals surface area contributed by atoms with E-state index in [1.54, 1.807) is 6.08 Å². The van der Waals surface area contributed by atoms with Crippen LogP contribution in [0.15, 0.2) is 24.2 Å². The van der Waals surface area contributed by atoms with E-state index in [1.807, 2.05) is 6.92 Å². The Morgan fingerprint density at radius 1 is 1.89 bits per heavy atom. The van der Waals surface area contributed by atoms with Gasteiger partial charge in [0.25, 0.3) is 0 Å². The van der Waals surface area contributed by atoms with Crippen molar-refractivity contribution in [2.75, 3.05) is 0 Å². The maximum absolute atomic E-state index is 8.97. The second-order valence-corrected chi connectivity index (χ2v) is 2.23. The molecular weight excluding hydrogens is 116 g/mol. The van der Waals surface area contributed by atoms with Crippen molar-refractivity contribution in [2.24, 2.45) is 0 Å². The summed E-state index contributed by atoms with van der Waals surface area (Å²) in [5, 5.41) is 8.97. The van der Waals surface area contributed by atoms with Crippen molar-refractivity contribution in [3.8, 4) is 0 Å². The fraction of sp³-hybridized carbons (Fsp3) is 0.429. The summed E-state index contributed by atoms with van der Waals surface area (Å²) in [4.78, 5) is 0. The predicted octanol–water partition coefficient (Wildman–Crippen LogP) is 1.75. The average Bonchev–Trinajstić information content (AvgIpc) is 1.59. The minimum Gasteiger partial charge on any atom is -0.512 e. The molecule has 1 N–H and O–H groups in total. The van der Waals surface area contributed by atoms with E-state index in [0.29, 0.717) is 17.9 Å². The third kappa shape index (κ3) is 1.49. The van der Waals surface area contributed by atoms with E-state index in [2.05, 4.69) is 6.58 Å². The Balaban J connectivity index is 2.67. The van der Waals surface area contributed by atoms with Gasteiger partial charge in [-0.15, -0.1) is 0 Å². The van der Waals surface area contributed by atoms with Crippen LogP contribution in [-0.2, 0) is 4.74 Å². The Morgan fingerprint density at radius 2 is 2.56 bits per heavy atom. The van der Waals surface area contributed by atoms with Crippen molar-refractivity contribution in [3.05, 3.63) is 24.2 Å². The molecule has 2 heteroatoms. The molecular formula is C7H10O2. The first-order chi connectivity index (χ1) is 4.18. The van der Waals surface area contributed by atoms with Crippen molar-refractivity contribution in [1.82, 2.24) is 0 Å². The zero-order valence-electron chi connectivity index (χ0n) is 5.42. The smallest absolute Gasteiger partial charge is 0.115 e. The van der Waals surface area contributed by atoms with Gasteiger partial charge in [0, 0.05) is 12.5 Å². The summed E-state index contributed by atoms with van der Waals surface area (Å²) < 4.78 is 5.13. The number of hydrogen-bond acceptors (Lipinski definition) is 2. The molecule has 1 unspecified atom stereocenters. The lowest BCUT2D eigenvalue weighted by molar-refractivity contribution is 0.115. The molecule has 50 valence electrons. The van der Waals surface area contributed by atoms with E-state index in [0.717, 1.165) is 0 Å². The first-order valence-corrected chi connectivity index (χ1v) is 2.93. The summed E-state index contributed by atoms with van der Waals surface area (Å²) in [6.45, 7) is 5.45. The molecule has 0 fully saturated rings. The van der Waals surface area contributed by atoms with E-state index in [1.165, 1.54) is 0 Å². The van der Waals surface area contributed by atoms with Crippen LogP contribution in [0, 0.1) is 0 Å². The predicted molar refractivity (Wildman–Crippen MR) is 35.0 cm³/mol. The molecule has 0 aromatic carbocycles. The van der Waals surface area contributed by atoms with E-state index in [9.17, 15) is 0 Å². The van der Waals surface area contributed by atoms with Gasteiger partial charge in [-0.1, -0.05) is 6.58 Å². The van der Waals surface area contributed by atoms with Gasteiger partial charge in [0.2, 0.25) is 0 Å². The zero-order valence-corrected chi connectivity index (χ0v) is 5.42. The molecule has 1 rings (SSSR count). The number of ether oxygens (including phenoxy) is 1. The van der Waals surface area contributed by atoms with Gasteiger partial charge in [-0.3, -0.25) is 0 Å². The lowest BCUT2D eigenvalue weighted by Crippen LogP contribution is -2.12. The number of rotatable bonds is 0. The fourth-order valence-corrected chi connectivity index (χ4v) is 0.873. The third-order valence-electron chi connectivity index (χ3n) is 1.18. The average molecular weight is 126 g/mol. The molecule has 0 spiro atoms. The van der Waals surface area contributed by atoms with Crippen molar-refractivity contribution in [1.29, 1.82) is 0 Å². The van der Waals surface area contributed by atoms with Crippen molar-refractivity contribution in [2.45, 2.75) is 19.4 Å². The van der Waals surface area contributed by atoms with Crippen LogP contribution in [0.25, 0.3) is 0 Å². The van der Waals surface area contributed by atoms with Crippen molar-refractivity contribution in [3.63, 3.8) is 0 Å². The lowest BCUT2D eigenvalue weighted by Gasteiger charge is -2.18. The molecule has 0 aromatic rings. The van der Waals surface area contributed by atoms with Crippen LogP contribution in [0.1, 0.15) is 13.3 Å². The van der Waals surface area contributed by atoms with Crippen LogP contribution in [0.4, 0.5) is 0 Å². The second kappa shape index (κ2) is 2.13. The topological polar surface area (TPSA) is 29.5 Å². The highest BCUT2D eigenvalue weighted by molar-refractivity contribution is 5.14. The highest BCUT2D eigenvalue weighted by Gasteiger charge is 2.11.